The molecule has 1 saturated heterocycles. The van der Waals surface area contributed by atoms with Gasteiger partial charge in [0.15, 0.2) is 0 Å². The maximum absolute atomic E-state index is 13.2. The zero-order valence-electron chi connectivity index (χ0n) is 19.0. The number of likely N-dealkylation sites (tertiary alicyclic amines) is 1. The summed E-state index contributed by atoms with van der Waals surface area (Å²) in [4.78, 5) is 33.0. The number of aliphatic hydroxyl groups excluding tert-OH is 1. The number of carbonyl (C=O) groups excluding carboxylic acids is 2. The van der Waals surface area contributed by atoms with Gasteiger partial charge in [0, 0.05) is 16.6 Å². The number of pyridine rings is 1. The molecule has 1 fully saturated rings. The van der Waals surface area contributed by atoms with Crippen LogP contribution in [0.2, 0.25) is 0 Å². The number of nitrogens with zero attached hydrogens (tertiary/aromatic N) is 2. The second-order valence-electron chi connectivity index (χ2n) is 8.36. The highest BCUT2D eigenvalue weighted by Gasteiger charge is 2.47. The van der Waals surface area contributed by atoms with Crippen LogP contribution in [0.1, 0.15) is 47.2 Å². The minimum atomic E-state index is -0.693. The third-order valence-electron chi connectivity index (χ3n) is 5.56. The van der Waals surface area contributed by atoms with Crippen LogP contribution in [0.15, 0.2) is 59.6 Å². The maximum atomic E-state index is 13.2. The van der Waals surface area contributed by atoms with Gasteiger partial charge in [0.05, 0.1) is 23.9 Å². The van der Waals surface area contributed by atoms with Crippen molar-refractivity contribution in [3.63, 3.8) is 0 Å². The number of rotatable bonds is 6. The Hall–Kier alpha value is -3.45. The lowest BCUT2D eigenvalue weighted by molar-refractivity contribution is -0.140. The van der Waals surface area contributed by atoms with E-state index in [0.29, 0.717) is 17.0 Å². The summed E-state index contributed by atoms with van der Waals surface area (Å²) in [5, 5.41) is 13.2. The molecule has 33 heavy (non-hydrogen) atoms. The molecule has 1 aromatic carbocycles. The van der Waals surface area contributed by atoms with Gasteiger partial charge in [0.2, 0.25) is 0 Å². The molecule has 1 unspecified atom stereocenters. The van der Waals surface area contributed by atoms with E-state index in [1.54, 1.807) is 30.5 Å². The predicted octanol–water partition coefficient (Wildman–Crippen LogP) is 5.17. The first kappa shape index (κ1) is 22.7. The summed E-state index contributed by atoms with van der Waals surface area (Å²) in [7, 11) is 0. The molecule has 0 aliphatic carbocycles. The van der Waals surface area contributed by atoms with Gasteiger partial charge in [0.25, 0.3) is 11.7 Å². The van der Waals surface area contributed by atoms with Crippen molar-refractivity contribution in [3.8, 4) is 5.75 Å². The van der Waals surface area contributed by atoms with E-state index in [9.17, 15) is 14.7 Å². The van der Waals surface area contributed by atoms with Crippen LogP contribution < -0.4 is 4.74 Å². The van der Waals surface area contributed by atoms with E-state index in [-0.39, 0.29) is 24.0 Å². The molecule has 1 aliphatic heterocycles. The molecule has 1 N–H and O–H groups in total. The quantitative estimate of drug-likeness (QED) is 0.311. The average Bonchev–Trinajstić information content (AvgIpc) is 3.31. The third-order valence-corrected chi connectivity index (χ3v) is 6.63. The van der Waals surface area contributed by atoms with Crippen molar-refractivity contribution in [2.45, 2.75) is 46.4 Å². The molecular weight excluding hydrogens is 436 g/mol. The molecule has 1 amide bonds. The van der Waals surface area contributed by atoms with E-state index in [4.69, 9.17) is 4.74 Å². The zero-order chi connectivity index (χ0) is 23.7. The lowest BCUT2D eigenvalue weighted by Crippen LogP contribution is -2.29. The number of thiophene rings is 1. The van der Waals surface area contributed by atoms with E-state index in [2.05, 4.69) is 4.98 Å². The van der Waals surface area contributed by atoms with E-state index in [0.717, 1.165) is 16.0 Å². The Labute approximate surface area is 197 Å². The number of carbonyl (C=O) groups is 2. The van der Waals surface area contributed by atoms with Crippen molar-refractivity contribution in [1.82, 2.24) is 9.88 Å². The van der Waals surface area contributed by atoms with Crippen molar-refractivity contribution in [1.29, 1.82) is 0 Å². The fraction of sp³-hybridized carbons (Fsp3) is 0.269. The largest absolute Gasteiger partial charge is 0.507 e. The van der Waals surface area contributed by atoms with E-state index < -0.39 is 17.7 Å². The number of amides is 1. The van der Waals surface area contributed by atoms with Crippen molar-refractivity contribution >= 4 is 28.8 Å². The van der Waals surface area contributed by atoms with Gasteiger partial charge in [-0.05, 0) is 80.6 Å². The Morgan fingerprint density at radius 1 is 1.15 bits per heavy atom. The van der Waals surface area contributed by atoms with Crippen LogP contribution in [0.4, 0.5) is 0 Å². The number of aliphatic hydroxyl groups is 1. The summed E-state index contributed by atoms with van der Waals surface area (Å²) in [6.07, 6.45) is 1.67. The average molecular weight is 463 g/mol. The zero-order valence-corrected chi connectivity index (χ0v) is 19.8. The van der Waals surface area contributed by atoms with Crippen LogP contribution in [0.3, 0.4) is 0 Å². The van der Waals surface area contributed by atoms with Crippen LogP contribution in [0.5, 0.6) is 5.75 Å². The molecule has 0 bridgehead atoms. The number of benzene rings is 1. The predicted molar refractivity (Wildman–Crippen MR) is 128 cm³/mol. The number of hydrogen-bond donors (Lipinski definition) is 1. The summed E-state index contributed by atoms with van der Waals surface area (Å²) in [5.41, 5.74) is 3.03. The first-order valence-corrected chi connectivity index (χ1v) is 11.7. The highest BCUT2D eigenvalue weighted by molar-refractivity contribution is 7.10. The Balaban J connectivity index is 1.82. The van der Waals surface area contributed by atoms with Gasteiger partial charge in [-0.1, -0.05) is 6.07 Å². The third kappa shape index (κ3) is 4.41. The fourth-order valence-corrected chi connectivity index (χ4v) is 5.03. The standard InChI is InChI=1S/C26H26N2O4S/c1-15(2)32-20-9-8-18(13-17(20)4)23(29)21-22(25-16(3)10-12-33-25)28(26(31)24(21)30)14-19-7-5-6-11-27-19/h5-13,15,22,29H,14H2,1-4H3/b23-21-. The van der Waals surface area contributed by atoms with E-state index >= 15 is 0 Å². The Kier molecular flexibility index (Phi) is 6.33. The number of hydrogen-bond acceptors (Lipinski definition) is 6. The number of ether oxygens (including phenoxy) is 1. The molecule has 6 nitrogen and oxygen atoms in total. The second-order valence-corrected chi connectivity index (χ2v) is 9.31. The molecule has 1 aliphatic rings. The number of ketones is 1. The summed E-state index contributed by atoms with van der Waals surface area (Å²) in [5.74, 6) is -0.811. The highest BCUT2D eigenvalue weighted by atomic mass is 32.1. The van der Waals surface area contributed by atoms with Crippen molar-refractivity contribution < 1.29 is 19.4 Å². The smallest absolute Gasteiger partial charge is 0.296 e. The molecule has 0 spiro atoms. The first-order chi connectivity index (χ1) is 15.8. The highest BCUT2D eigenvalue weighted by Crippen LogP contribution is 2.43. The van der Waals surface area contributed by atoms with Gasteiger partial charge >= 0.3 is 0 Å². The minimum absolute atomic E-state index is 0.0156. The van der Waals surface area contributed by atoms with Gasteiger partial charge in [-0.25, -0.2) is 0 Å². The minimum Gasteiger partial charge on any atom is -0.507 e. The maximum Gasteiger partial charge on any atom is 0.296 e. The normalized spacial score (nSPS) is 17.7. The van der Waals surface area contributed by atoms with Gasteiger partial charge in [0.1, 0.15) is 17.6 Å². The van der Waals surface area contributed by atoms with Gasteiger partial charge in [-0.3, -0.25) is 14.6 Å². The van der Waals surface area contributed by atoms with Crippen LogP contribution in [0.25, 0.3) is 5.76 Å². The molecule has 7 heteroatoms. The molecule has 0 saturated carbocycles. The molecule has 1 atom stereocenters. The Morgan fingerprint density at radius 2 is 1.94 bits per heavy atom. The number of aryl methyl sites for hydroxylation is 2. The summed E-state index contributed by atoms with van der Waals surface area (Å²) in [6, 6.07) is 12.0. The Morgan fingerprint density at radius 3 is 2.55 bits per heavy atom. The monoisotopic (exact) mass is 462 g/mol. The number of Topliss-reactive ketones (excluding diaryl/α,β-unsaturated/α-hetero) is 1. The topological polar surface area (TPSA) is 79.7 Å². The molecule has 3 aromatic rings. The van der Waals surface area contributed by atoms with Crippen molar-refractivity contribution in [2.75, 3.05) is 0 Å². The Bertz CT molecular complexity index is 1230. The lowest BCUT2D eigenvalue weighted by atomic mass is 9.97. The van der Waals surface area contributed by atoms with Crippen LogP contribution in [-0.4, -0.2) is 32.8 Å². The molecule has 170 valence electrons. The summed E-state index contributed by atoms with van der Waals surface area (Å²) < 4.78 is 5.79. The lowest BCUT2D eigenvalue weighted by Gasteiger charge is -2.24. The molecule has 4 rings (SSSR count). The first-order valence-electron chi connectivity index (χ1n) is 10.8. The van der Waals surface area contributed by atoms with Crippen LogP contribution >= 0.6 is 11.3 Å². The van der Waals surface area contributed by atoms with Crippen LogP contribution in [0, 0.1) is 13.8 Å². The fourth-order valence-electron chi connectivity index (χ4n) is 3.98. The van der Waals surface area contributed by atoms with E-state index in [1.807, 2.05) is 51.3 Å². The van der Waals surface area contributed by atoms with E-state index in [1.165, 1.54) is 16.2 Å². The van der Waals surface area contributed by atoms with Crippen molar-refractivity contribution in [2.24, 2.45) is 0 Å². The molecule has 2 aromatic heterocycles. The summed E-state index contributed by atoms with van der Waals surface area (Å²) >= 11 is 1.46. The van der Waals surface area contributed by atoms with Crippen molar-refractivity contribution in [3.05, 3.63) is 86.9 Å². The SMILES string of the molecule is Cc1cc(/C(O)=C2/C(=O)C(=O)N(Cc3ccccn3)C2c2sccc2C)ccc1OC(C)C. The second kappa shape index (κ2) is 9.19. The molecular formula is C26H26N2O4S. The number of aromatic nitrogens is 1. The molecule has 3 heterocycles. The van der Waals surface area contributed by atoms with Gasteiger partial charge in [-0.15, -0.1) is 11.3 Å². The van der Waals surface area contributed by atoms with Gasteiger partial charge in [-0.2, -0.15) is 0 Å². The molecule has 0 radical (unpaired) electrons. The van der Waals surface area contributed by atoms with Crippen LogP contribution in [-0.2, 0) is 16.1 Å². The summed E-state index contributed by atoms with van der Waals surface area (Å²) in [6.45, 7) is 7.88. The van der Waals surface area contributed by atoms with Gasteiger partial charge < -0.3 is 14.7 Å².